The highest BCUT2D eigenvalue weighted by Gasteiger charge is 2.20. The number of rotatable bonds is 4. The molecular weight excluding hydrogens is 312 g/mol. The maximum atomic E-state index is 4.79. The van der Waals surface area contributed by atoms with Gasteiger partial charge in [-0.2, -0.15) is 9.61 Å². The van der Waals surface area contributed by atoms with Crippen LogP contribution in [0.2, 0.25) is 0 Å². The highest BCUT2D eigenvalue weighted by Crippen LogP contribution is 2.32. The molecule has 0 aliphatic rings. The Labute approximate surface area is 136 Å². The molecule has 1 atom stereocenters. The van der Waals surface area contributed by atoms with Crippen molar-refractivity contribution in [3.8, 4) is 10.7 Å². The fraction of sp³-hybridized carbons (Fsp3) is 0.188. The number of nitrogens with zero attached hydrogens (tertiary/aromatic N) is 4. The van der Waals surface area contributed by atoms with Gasteiger partial charge in [0.25, 0.3) is 0 Å². The van der Waals surface area contributed by atoms with Crippen LogP contribution in [0.4, 0.5) is 0 Å². The molecular formula is C16H14N4S2. The number of aromatic nitrogens is 4. The highest BCUT2D eigenvalue weighted by atomic mass is 32.1. The Hall–Kier alpha value is -2.05. The van der Waals surface area contributed by atoms with E-state index in [9.17, 15) is 0 Å². The van der Waals surface area contributed by atoms with E-state index in [1.807, 2.05) is 22.0 Å². The van der Waals surface area contributed by atoms with Crippen molar-refractivity contribution < 1.29 is 0 Å². The van der Waals surface area contributed by atoms with Gasteiger partial charge >= 0.3 is 0 Å². The minimum absolute atomic E-state index is 0.309. The first-order valence-electron chi connectivity index (χ1n) is 7.17. The summed E-state index contributed by atoms with van der Waals surface area (Å²) in [5.41, 5.74) is 1.30. The number of benzene rings is 1. The molecule has 3 aromatic heterocycles. The lowest BCUT2D eigenvalue weighted by Crippen LogP contribution is -2.00. The van der Waals surface area contributed by atoms with Crippen molar-refractivity contribution in [1.82, 2.24) is 19.8 Å². The van der Waals surface area contributed by atoms with Crippen LogP contribution in [-0.4, -0.2) is 19.8 Å². The van der Waals surface area contributed by atoms with Crippen molar-refractivity contribution >= 4 is 27.6 Å². The van der Waals surface area contributed by atoms with Crippen molar-refractivity contribution in [2.75, 3.05) is 0 Å². The quantitative estimate of drug-likeness (QED) is 0.556. The molecule has 6 heteroatoms. The SMILES string of the molecule is CCC(c1ccccc1)c1nn2c(-c3cccs3)nnc2s1. The van der Waals surface area contributed by atoms with Crippen LogP contribution in [0.3, 0.4) is 0 Å². The van der Waals surface area contributed by atoms with Crippen LogP contribution < -0.4 is 0 Å². The van der Waals surface area contributed by atoms with Crippen LogP contribution >= 0.6 is 22.7 Å². The van der Waals surface area contributed by atoms with Gasteiger partial charge in [-0.05, 0) is 23.4 Å². The van der Waals surface area contributed by atoms with Crippen LogP contribution in [0, 0.1) is 0 Å². The molecule has 1 aromatic carbocycles. The van der Waals surface area contributed by atoms with Gasteiger partial charge in [-0.25, -0.2) is 0 Å². The maximum absolute atomic E-state index is 4.79. The minimum Gasteiger partial charge on any atom is -0.182 e. The molecule has 4 rings (SSSR count). The average molecular weight is 326 g/mol. The number of thiophene rings is 1. The molecule has 4 nitrogen and oxygen atoms in total. The Morgan fingerprint density at radius 1 is 1.09 bits per heavy atom. The van der Waals surface area contributed by atoms with Crippen LogP contribution in [0.15, 0.2) is 47.8 Å². The van der Waals surface area contributed by atoms with E-state index < -0.39 is 0 Å². The minimum atomic E-state index is 0.309. The summed E-state index contributed by atoms with van der Waals surface area (Å²) >= 11 is 3.28. The zero-order valence-electron chi connectivity index (χ0n) is 12.0. The predicted molar refractivity (Wildman–Crippen MR) is 90.5 cm³/mol. The summed E-state index contributed by atoms with van der Waals surface area (Å²) in [4.78, 5) is 1.95. The second-order valence-corrected chi connectivity index (χ2v) is 6.94. The number of hydrogen-bond acceptors (Lipinski definition) is 5. The lowest BCUT2D eigenvalue weighted by Gasteiger charge is -2.11. The predicted octanol–water partition coefficient (Wildman–Crippen LogP) is 4.46. The lowest BCUT2D eigenvalue weighted by atomic mass is 9.97. The first kappa shape index (κ1) is 13.6. The second-order valence-electron chi connectivity index (χ2n) is 5.01. The molecule has 0 amide bonds. The van der Waals surface area contributed by atoms with Crippen molar-refractivity contribution in [3.63, 3.8) is 0 Å². The summed E-state index contributed by atoms with van der Waals surface area (Å²) in [5.74, 6) is 1.14. The van der Waals surface area contributed by atoms with Gasteiger partial charge in [0.2, 0.25) is 4.96 Å². The topological polar surface area (TPSA) is 43.1 Å². The smallest absolute Gasteiger partial charge is 0.182 e. The largest absolute Gasteiger partial charge is 0.235 e. The second kappa shape index (κ2) is 5.62. The Morgan fingerprint density at radius 2 is 1.95 bits per heavy atom. The summed E-state index contributed by atoms with van der Waals surface area (Å²) in [5, 5.41) is 16.5. The van der Waals surface area contributed by atoms with Crippen molar-refractivity contribution in [2.45, 2.75) is 19.3 Å². The number of hydrogen-bond donors (Lipinski definition) is 0. The molecule has 110 valence electrons. The first-order valence-corrected chi connectivity index (χ1v) is 8.87. The van der Waals surface area contributed by atoms with Crippen LogP contribution in [0.5, 0.6) is 0 Å². The third kappa shape index (κ3) is 2.24. The summed E-state index contributed by atoms with van der Waals surface area (Å²) in [7, 11) is 0. The van der Waals surface area contributed by atoms with E-state index in [1.54, 1.807) is 22.7 Å². The van der Waals surface area contributed by atoms with Gasteiger partial charge in [0, 0.05) is 5.92 Å². The zero-order valence-corrected chi connectivity index (χ0v) is 13.6. The Balaban J connectivity index is 1.80. The third-order valence-electron chi connectivity index (χ3n) is 3.66. The van der Waals surface area contributed by atoms with Gasteiger partial charge in [0.15, 0.2) is 5.82 Å². The third-order valence-corrected chi connectivity index (χ3v) is 5.53. The van der Waals surface area contributed by atoms with Gasteiger partial charge < -0.3 is 0 Å². The fourth-order valence-corrected chi connectivity index (χ4v) is 4.31. The normalized spacial score (nSPS) is 12.8. The summed E-state index contributed by atoms with van der Waals surface area (Å²) in [6.45, 7) is 2.19. The molecule has 0 saturated carbocycles. The summed E-state index contributed by atoms with van der Waals surface area (Å²) in [6, 6.07) is 14.6. The molecule has 4 aromatic rings. The van der Waals surface area contributed by atoms with Crippen LogP contribution in [0.1, 0.15) is 29.8 Å². The van der Waals surface area contributed by atoms with E-state index in [0.29, 0.717) is 5.92 Å². The van der Waals surface area contributed by atoms with Crippen LogP contribution in [-0.2, 0) is 0 Å². The Bertz CT molecular complexity index is 878. The summed E-state index contributed by atoms with van der Waals surface area (Å²) in [6.07, 6.45) is 1.02. The first-order chi connectivity index (χ1) is 10.9. The van der Waals surface area contributed by atoms with Gasteiger partial charge in [0.1, 0.15) is 5.01 Å². The molecule has 0 spiro atoms. The number of fused-ring (bicyclic) bond motifs is 1. The van der Waals surface area contributed by atoms with Crippen molar-refractivity contribution in [3.05, 3.63) is 58.4 Å². The van der Waals surface area contributed by atoms with E-state index in [1.165, 1.54) is 5.56 Å². The van der Waals surface area contributed by atoms with Crippen molar-refractivity contribution in [1.29, 1.82) is 0 Å². The van der Waals surface area contributed by atoms with Gasteiger partial charge in [-0.15, -0.1) is 21.5 Å². The molecule has 0 N–H and O–H groups in total. The molecule has 1 unspecified atom stereocenters. The zero-order chi connectivity index (χ0) is 14.9. The molecule has 0 bridgehead atoms. The van der Waals surface area contributed by atoms with E-state index in [2.05, 4.69) is 47.5 Å². The van der Waals surface area contributed by atoms with Gasteiger partial charge in [-0.3, -0.25) is 0 Å². The maximum Gasteiger partial charge on any atom is 0.235 e. The van der Waals surface area contributed by atoms with Crippen LogP contribution in [0.25, 0.3) is 15.7 Å². The average Bonchev–Trinajstić information content (AvgIpc) is 3.25. The van der Waals surface area contributed by atoms with E-state index >= 15 is 0 Å². The van der Waals surface area contributed by atoms with Crippen molar-refractivity contribution in [2.24, 2.45) is 0 Å². The van der Waals surface area contributed by atoms with E-state index in [0.717, 1.165) is 27.1 Å². The summed E-state index contributed by atoms with van der Waals surface area (Å²) < 4.78 is 1.87. The Morgan fingerprint density at radius 3 is 2.68 bits per heavy atom. The van der Waals surface area contributed by atoms with E-state index in [4.69, 9.17) is 5.10 Å². The monoisotopic (exact) mass is 326 g/mol. The standard InChI is InChI=1S/C16H14N4S2/c1-2-12(11-7-4-3-5-8-11)15-19-20-14(13-9-6-10-21-13)17-18-16(20)22-15/h3-10,12H,2H2,1H3. The molecule has 0 radical (unpaired) electrons. The lowest BCUT2D eigenvalue weighted by molar-refractivity contribution is 0.744. The molecule has 0 aliphatic carbocycles. The fourth-order valence-electron chi connectivity index (χ4n) is 2.57. The highest BCUT2D eigenvalue weighted by molar-refractivity contribution is 7.17. The molecule has 3 heterocycles. The molecule has 22 heavy (non-hydrogen) atoms. The van der Waals surface area contributed by atoms with Gasteiger partial charge in [0.05, 0.1) is 4.88 Å². The molecule has 0 aliphatic heterocycles. The van der Waals surface area contributed by atoms with E-state index in [-0.39, 0.29) is 0 Å². The van der Waals surface area contributed by atoms with Gasteiger partial charge in [-0.1, -0.05) is 54.7 Å². The molecule has 0 fully saturated rings. The molecule has 0 saturated heterocycles. The Kier molecular flexibility index (Phi) is 3.48.